The van der Waals surface area contributed by atoms with Crippen LogP contribution in [0.3, 0.4) is 0 Å². The van der Waals surface area contributed by atoms with Gasteiger partial charge in [0, 0.05) is 33.4 Å². The Kier molecular flexibility index (Phi) is 9.76. The molecule has 0 amide bonds. The molecule has 0 unspecified atom stereocenters. The van der Waals surface area contributed by atoms with Crippen LogP contribution < -0.4 is 16.3 Å². The number of aromatic amines is 3. The van der Waals surface area contributed by atoms with Crippen molar-refractivity contribution in [1.82, 2.24) is 20.3 Å². The van der Waals surface area contributed by atoms with Gasteiger partial charge in [-0.05, 0) is 38.5 Å². The maximum Gasteiger partial charge on any atom is 0.272 e. The number of hydrogen-bond acceptors (Lipinski definition) is 7. The third-order valence-corrected chi connectivity index (χ3v) is 8.29. The molecule has 0 aromatic carbocycles. The van der Waals surface area contributed by atoms with Gasteiger partial charge in [0.15, 0.2) is 11.7 Å². The highest BCUT2D eigenvalue weighted by molar-refractivity contribution is 6.86. The fourth-order valence-corrected chi connectivity index (χ4v) is 6.38. The number of aliphatic imine (C=N–C) groups is 2. The zero-order chi connectivity index (χ0) is 31.4. The molecule has 3 aromatic heterocycles. The third kappa shape index (κ3) is 5.86. The van der Waals surface area contributed by atoms with Gasteiger partial charge in [-0.2, -0.15) is 0 Å². The topological polar surface area (TPSA) is 143 Å². The molecule has 0 atom stereocenters. The van der Waals surface area contributed by atoms with Gasteiger partial charge in [-0.3, -0.25) is 9.59 Å². The molecule has 5 heterocycles. The first-order valence-electron chi connectivity index (χ1n) is 16.6. The number of aromatic nitrogens is 3. The first-order valence-corrected chi connectivity index (χ1v) is 16.6. The summed E-state index contributed by atoms with van der Waals surface area (Å²) >= 11 is 0. The van der Waals surface area contributed by atoms with Crippen LogP contribution in [-0.2, 0) is 48.1 Å². The van der Waals surface area contributed by atoms with Gasteiger partial charge >= 0.3 is 0 Å². The summed E-state index contributed by atoms with van der Waals surface area (Å²) in [6.07, 6.45) is 10.6. The fraction of sp³-hybridized carbons (Fsp3) is 0.529. The Labute approximate surface area is 259 Å². The molecule has 5 rings (SSSR count). The number of ketones is 2. The monoisotopic (exact) mass is 598 g/mol. The highest BCUT2D eigenvalue weighted by Crippen LogP contribution is 2.35. The third-order valence-electron chi connectivity index (χ3n) is 8.29. The van der Waals surface area contributed by atoms with E-state index in [1.54, 1.807) is 0 Å². The minimum absolute atomic E-state index is 0.0181. The Morgan fingerprint density at radius 3 is 1.02 bits per heavy atom. The quantitative estimate of drug-likeness (QED) is 0.187. The van der Waals surface area contributed by atoms with E-state index in [9.17, 15) is 9.59 Å². The van der Waals surface area contributed by atoms with Crippen molar-refractivity contribution in [2.75, 3.05) is 0 Å². The van der Waals surface area contributed by atoms with Crippen LogP contribution in [-0.4, -0.2) is 38.2 Å². The second-order valence-corrected chi connectivity index (χ2v) is 11.8. The van der Waals surface area contributed by atoms with E-state index in [1.807, 2.05) is 0 Å². The Morgan fingerprint density at radius 2 is 0.705 bits per heavy atom. The smallest absolute Gasteiger partial charge is 0.272 e. The van der Waals surface area contributed by atoms with Crippen LogP contribution in [0.15, 0.2) is 20.0 Å². The van der Waals surface area contributed by atoms with Gasteiger partial charge in [0.25, 0.3) is 11.6 Å². The van der Waals surface area contributed by atoms with E-state index in [0.29, 0.717) is 11.6 Å². The minimum atomic E-state index is -0.689. The van der Waals surface area contributed by atoms with Gasteiger partial charge < -0.3 is 20.3 Å². The van der Waals surface area contributed by atoms with Crippen molar-refractivity contribution in [2.45, 2.75) is 119 Å². The van der Waals surface area contributed by atoms with Crippen LogP contribution in [0, 0.1) is 0 Å². The van der Waals surface area contributed by atoms with Gasteiger partial charge in [0.2, 0.25) is 0 Å². The first kappa shape index (κ1) is 31.3. The summed E-state index contributed by atoms with van der Waals surface area (Å²) < 4.78 is 0. The van der Waals surface area contributed by atoms with E-state index < -0.39 is 11.6 Å². The average molecular weight is 599 g/mol. The number of carbonyl (C=O) groups is 2. The van der Waals surface area contributed by atoms with E-state index in [2.05, 4.69) is 61.8 Å². The van der Waals surface area contributed by atoms with Crippen LogP contribution in [0.2, 0.25) is 0 Å². The SMILES string of the molecule is CCCc1c2[nH]c(c1CCC)N=c1[nH]c(c(CCC)c1CCC)=Nc1[nH]c(c(CCC)c1CCC)N=C1NC(=N2)C(=O)C1=O. The van der Waals surface area contributed by atoms with Crippen molar-refractivity contribution in [2.24, 2.45) is 20.0 Å². The van der Waals surface area contributed by atoms with Crippen LogP contribution in [0.5, 0.6) is 0 Å². The molecule has 0 aliphatic carbocycles. The average Bonchev–Trinajstić information content (AvgIpc) is 3.67. The van der Waals surface area contributed by atoms with E-state index in [0.717, 1.165) is 122 Å². The molecule has 10 nitrogen and oxygen atoms in total. The number of H-pyrrole nitrogens is 3. The van der Waals surface area contributed by atoms with Crippen molar-refractivity contribution >= 4 is 46.5 Å². The zero-order valence-electron chi connectivity index (χ0n) is 27.1. The predicted molar refractivity (Wildman–Crippen MR) is 175 cm³/mol. The lowest BCUT2D eigenvalue weighted by Gasteiger charge is -2.04. The number of nitrogens with zero attached hydrogens (tertiary/aromatic N) is 4. The van der Waals surface area contributed by atoms with E-state index in [4.69, 9.17) is 20.0 Å². The molecule has 3 aromatic rings. The molecule has 10 heteroatoms. The normalized spacial score (nSPS) is 14.3. The maximum atomic E-state index is 13.2. The molecule has 8 bridgehead atoms. The van der Waals surface area contributed by atoms with Crippen LogP contribution in [0.1, 0.15) is 113 Å². The summed E-state index contributed by atoms with van der Waals surface area (Å²) in [7, 11) is 0. The fourth-order valence-electron chi connectivity index (χ4n) is 6.38. The number of nitrogens with one attached hydrogen (secondary N) is 4. The maximum absolute atomic E-state index is 13.2. The summed E-state index contributed by atoms with van der Waals surface area (Å²) in [6.45, 7) is 12.9. The standard InChI is InChI=1S/C34H46N8O2/c1-7-13-19-20(14-8-2)28-35-27(19)36-29-21(15-9-3)23(17-11-5)31(38-29)40-33-25(43)26(44)34(42-33)41-32-24(18-12-6)22(16-10-4)30(37-28)39-32/h38-39H,7-18H2,1-6H3,(H,35,36,37)(H,40,41,42). The molecule has 2 aliphatic heterocycles. The highest BCUT2D eigenvalue weighted by atomic mass is 16.2. The number of hydrogen-bond donors (Lipinski definition) is 4. The Bertz CT molecular complexity index is 1620. The van der Waals surface area contributed by atoms with Crippen molar-refractivity contribution in [3.63, 3.8) is 0 Å². The van der Waals surface area contributed by atoms with Crippen molar-refractivity contribution < 1.29 is 9.59 Å². The van der Waals surface area contributed by atoms with Crippen molar-refractivity contribution in [3.05, 3.63) is 44.4 Å². The minimum Gasteiger partial charge on any atom is -0.324 e. The number of carbonyl (C=O) groups excluding carboxylic acids is 2. The van der Waals surface area contributed by atoms with Crippen LogP contribution in [0.25, 0.3) is 0 Å². The lowest BCUT2D eigenvalue weighted by molar-refractivity contribution is -0.128. The molecular formula is C34H46N8O2. The van der Waals surface area contributed by atoms with Crippen molar-refractivity contribution in [1.29, 1.82) is 0 Å². The summed E-state index contributed by atoms with van der Waals surface area (Å²) in [6, 6.07) is 0. The predicted octanol–water partition coefficient (Wildman–Crippen LogP) is 6.10. The van der Waals surface area contributed by atoms with E-state index in [1.165, 1.54) is 11.1 Å². The molecule has 2 aliphatic rings. The van der Waals surface area contributed by atoms with Gasteiger partial charge in [0.05, 0.1) is 0 Å². The Balaban J connectivity index is 1.92. The van der Waals surface area contributed by atoms with Gasteiger partial charge in [-0.15, -0.1) is 0 Å². The Morgan fingerprint density at radius 1 is 0.409 bits per heavy atom. The lowest BCUT2D eigenvalue weighted by Crippen LogP contribution is -2.23. The number of amidine groups is 2. The van der Waals surface area contributed by atoms with Crippen LogP contribution >= 0.6 is 0 Å². The molecule has 0 spiro atoms. The van der Waals surface area contributed by atoms with Gasteiger partial charge in [0.1, 0.15) is 34.2 Å². The largest absolute Gasteiger partial charge is 0.324 e. The second-order valence-electron chi connectivity index (χ2n) is 11.8. The summed E-state index contributed by atoms with van der Waals surface area (Å²) in [5, 5.41) is 2.96. The first-order chi connectivity index (χ1) is 21.4. The molecule has 234 valence electrons. The van der Waals surface area contributed by atoms with E-state index >= 15 is 0 Å². The molecular weight excluding hydrogens is 552 g/mol. The Hall–Kier alpha value is -4.08. The second kappa shape index (κ2) is 13.7. The lowest BCUT2D eigenvalue weighted by atomic mass is 10.0. The van der Waals surface area contributed by atoms with Gasteiger partial charge in [-0.25, -0.2) is 20.0 Å². The zero-order valence-corrected chi connectivity index (χ0v) is 27.1. The van der Waals surface area contributed by atoms with Crippen LogP contribution in [0.4, 0.5) is 23.3 Å². The summed E-state index contributed by atoms with van der Waals surface area (Å²) in [5.74, 6) is 1.18. The summed E-state index contributed by atoms with van der Waals surface area (Å²) in [4.78, 5) is 56.7. The summed E-state index contributed by atoms with van der Waals surface area (Å²) in [5.41, 5.74) is 8.26. The van der Waals surface area contributed by atoms with Gasteiger partial charge in [-0.1, -0.05) is 80.1 Å². The number of fused-ring (bicyclic) bond motifs is 8. The number of Topliss-reactive ketones (excluding diaryl/α,β-unsaturated/α-hetero) is 2. The molecule has 44 heavy (non-hydrogen) atoms. The highest BCUT2D eigenvalue weighted by Gasteiger charge is 2.36. The molecule has 1 saturated heterocycles. The molecule has 0 radical (unpaired) electrons. The molecule has 0 saturated carbocycles. The van der Waals surface area contributed by atoms with E-state index in [-0.39, 0.29) is 11.7 Å². The molecule has 4 N–H and O–H groups in total. The molecule has 1 fully saturated rings. The van der Waals surface area contributed by atoms with Crippen molar-refractivity contribution in [3.8, 4) is 0 Å². The number of rotatable bonds is 12.